The van der Waals surface area contributed by atoms with Gasteiger partial charge in [-0.3, -0.25) is 4.79 Å². The van der Waals surface area contributed by atoms with E-state index >= 15 is 0 Å². The third-order valence-corrected chi connectivity index (χ3v) is 3.77. The molecule has 1 saturated carbocycles. The minimum atomic E-state index is -0.463. The Bertz CT molecular complexity index is 474. The number of carbonyl (C=O) groups is 1. The molecule has 1 aliphatic carbocycles. The van der Waals surface area contributed by atoms with Gasteiger partial charge in [0, 0.05) is 18.8 Å². The summed E-state index contributed by atoms with van der Waals surface area (Å²) >= 11 is 3.05. The Morgan fingerprint density at radius 2 is 2.22 bits per heavy atom. The average Bonchev–Trinajstić information content (AvgIpc) is 3.14. The number of hydrogen-bond donors (Lipinski definition) is 1. The van der Waals surface area contributed by atoms with Crippen molar-refractivity contribution in [3.63, 3.8) is 0 Å². The summed E-state index contributed by atoms with van der Waals surface area (Å²) < 4.78 is 13.8. The maximum Gasteiger partial charge on any atom is 0.256 e. The SMILES string of the molecule is CCN(CC1CC1)C(=O)c1cc(F)c(Br)cc1N. The fourth-order valence-corrected chi connectivity index (χ4v) is 2.25. The summed E-state index contributed by atoms with van der Waals surface area (Å²) in [6, 6.07) is 2.64. The molecule has 18 heavy (non-hydrogen) atoms. The predicted molar refractivity (Wildman–Crippen MR) is 72.8 cm³/mol. The number of benzene rings is 1. The molecule has 1 aromatic carbocycles. The summed E-state index contributed by atoms with van der Waals surface area (Å²) in [4.78, 5) is 14.0. The predicted octanol–water partition coefficient (Wildman–Crippen LogP) is 3.04. The molecule has 0 aromatic heterocycles. The van der Waals surface area contributed by atoms with Gasteiger partial charge in [0.15, 0.2) is 0 Å². The number of amides is 1. The fraction of sp³-hybridized carbons (Fsp3) is 0.462. The summed E-state index contributed by atoms with van der Waals surface area (Å²) in [6.07, 6.45) is 2.35. The smallest absolute Gasteiger partial charge is 0.256 e. The summed E-state index contributed by atoms with van der Waals surface area (Å²) in [5, 5.41) is 0. The third kappa shape index (κ3) is 2.83. The van der Waals surface area contributed by atoms with Crippen LogP contribution in [0.4, 0.5) is 10.1 Å². The van der Waals surface area contributed by atoms with Crippen molar-refractivity contribution in [3.8, 4) is 0 Å². The van der Waals surface area contributed by atoms with E-state index in [1.54, 1.807) is 4.90 Å². The molecule has 0 spiro atoms. The normalized spacial score (nSPS) is 14.6. The van der Waals surface area contributed by atoms with Gasteiger partial charge in [-0.25, -0.2) is 4.39 Å². The van der Waals surface area contributed by atoms with Gasteiger partial charge in [-0.15, -0.1) is 0 Å². The Labute approximate surface area is 114 Å². The second kappa shape index (κ2) is 5.26. The highest BCUT2D eigenvalue weighted by molar-refractivity contribution is 9.10. The van der Waals surface area contributed by atoms with E-state index in [1.165, 1.54) is 25.0 Å². The molecule has 0 radical (unpaired) electrons. The molecule has 1 fully saturated rings. The van der Waals surface area contributed by atoms with Crippen molar-refractivity contribution in [1.29, 1.82) is 0 Å². The molecule has 0 atom stereocenters. The summed E-state index contributed by atoms with van der Waals surface area (Å²) in [7, 11) is 0. The lowest BCUT2D eigenvalue weighted by Gasteiger charge is -2.21. The van der Waals surface area contributed by atoms with E-state index in [-0.39, 0.29) is 15.9 Å². The molecule has 0 unspecified atom stereocenters. The second-order valence-corrected chi connectivity index (χ2v) is 5.50. The lowest BCUT2D eigenvalue weighted by Crippen LogP contribution is -2.33. The fourth-order valence-electron chi connectivity index (χ4n) is 1.89. The van der Waals surface area contributed by atoms with Crippen LogP contribution in [0.15, 0.2) is 16.6 Å². The third-order valence-electron chi connectivity index (χ3n) is 3.17. The summed E-state index contributed by atoms with van der Waals surface area (Å²) in [5.41, 5.74) is 6.34. The van der Waals surface area contributed by atoms with E-state index in [9.17, 15) is 9.18 Å². The van der Waals surface area contributed by atoms with E-state index in [0.717, 1.165) is 6.54 Å². The Morgan fingerprint density at radius 3 is 2.78 bits per heavy atom. The molecule has 1 aromatic rings. The van der Waals surface area contributed by atoms with Gasteiger partial charge < -0.3 is 10.6 Å². The van der Waals surface area contributed by atoms with Crippen LogP contribution in [0.5, 0.6) is 0 Å². The zero-order valence-corrected chi connectivity index (χ0v) is 11.8. The number of nitrogen functional groups attached to an aromatic ring is 1. The van der Waals surface area contributed by atoms with Crippen LogP contribution >= 0.6 is 15.9 Å². The van der Waals surface area contributed by atoms with E-state index in [4.69, 9.17) is 5.73 Å². The van der Waals surface area contributed by atoms with Crippen LogP contribution in [0.1, 0.15) is 30.1 Å². The van der Waals surface area contributed by atoms with E-state index in [0.29, 0.717) is 18.2 Å². The molecule has 0 heterocycles. The number of nitrogens with two attached hydrogens (primary N) is 1. The minimum absolute atomic E-state index is 0.187. The van der Waals surface area contributed by atoms with Crippen LogP contribution in [0.3, 0.4) is 0 Å². The number of nitrogens with zero attached hydrogens (tertiary/aromatic N) is 1. The Morgan fingerprint density at radius 1 is 1.56 bits per heavy atom. The largest absolute Gasteiger partial charge is 0.398 e. The number of anilines is 1. The molecular weight excluding hydrogens is 299 g/mol. The van der Waals surface area contributed by atoms with Crippen molar-refractivity contribution in [1.82, 2.24) is 4.90 Å². The van der Waals surface area contributed by atoms with Crippen LogP contribution in [0.2, 0.25) is 0 Å². The monoisotopic (exact) mass is 314 g/mol. The summed E-state index contributed by atoms with van der Waals surface area (Å²) in [6.45, 7) is 3.28. The first-order valence-corrected chi connectivity index (χ1v) is 6.86. The lowest BCUT2D eigenvalue weighted by molar-refractivity contribution is 0.0757. The van der Waals surface area contributed by atoms with Crippen molar-refractivity contribution in [2.45, 2.75) is 19.8 Å². The van der Waals surface area contributed by atoms with Crippen LogP contribution < -0.4 is 5.73 Å². The van der Waals surface area contributed by atoms with Gasteiger partial charge >= 0.3 is 0 Å². The maximum atomic E-state index is 13.5. The lowest BCUT2D eigenvalue weighted by atomic mass is 10.1. The number of carbonyl (C=O) groups excluding carboxylic acids is 1. The highest BCUT2D eigenvalue weighted by Gasteiger charge is 2.27. The first-order valence-electron chi connectivity index (χ1n) is 6.06. The molecule has 1 aliphatic rings. The molecule has 0 bridgehead atoms. The van der Waals surface area contributed by atoms with Crippen molar-refractivity contribution in [3.05, 3.63) is 28.0 Å². The Kier molecular flexibility index (Phi) is 3.90. The maximum absolute atomic E-state index is 13.5. The first kappa shape index (κ1) is 13.3. The summed E-state index contributed by atoms with van der Waals surface area (Å²) in [5.74, 6) is -0.0428. The van der Waals surface area contributed by atoms with Gasteiger partial charge in [-0.1, -0.05) is 0 Å². The molecule has 0 aliphatic heterocycles. The van der Waals surface area contributed by atoms with Crippen LogP contribution in [-0.4, -0.2) is 23.9 Å². The van der Waals surface area contributed by atoms with Crippen molar-refractivity contribution >= 4 is 27.5 Å². The van der Waals surface area contributed by atoms with E-state index in [2.05, 4.69) is 15.9 Å². The first-order chi connectivity index (χ1) is 8.52. The quantitative estimate of drug-likeness (QED) is 0.868. The van der Waals surface area contributed by atoms with Gasteiger partial charge in [-0.05, 0) is 53.7 Å². The van der Waals surface area contributed by atoms with Crippen LogP contribution in [-0.2, 0) is 0 Å². The zero-order chi connectivity index (χ0) is 13.3. The highest BCUT2D eigenvalue weighted by Crippen LogP contribution is 2.31. The molecule has 1 amide bonds. The molecule has 98 valence electrons. The molecule has 0 saturated heterocycles. The number of halogens is 2. The van der Waals surface area contributed by atoms with Gasteiger partial charge in [0.1, 0.15) is 5.82 Å². The topological polar surface area (TPSA) is 46.3 Å². The van der Waals surface area contributed by atoms with Gasteiger partial charge in [-0.2, -0.15) is 0 Å². The van der Waals surface area contributed by atoms with Gasteiger partial charge in [0.25, 0.3) is 5.91 Å². The number of rotatable bonds is 4. The van der Waals surface area contributed by atoms with Gasteiger partial charge in [0.2, 0.25) is 0 Å². The molecule has 5 heteroatoms. The number of hydrogen-bond acceptors (Lipinski definition) is 2. The highest BCUT2D eigenvalue weighted by atomic mass is 79.9. The Balaban J connectivity index is 2.23. The van der Waals surface area contributed by atoms with E-state index in [1.807, 2.05) is 6.92 Å². The molecule has 2 N–H and O–H groups in total. The molecular formula is C13H16BrFN2O. The van der Waals surface area contributed by atoms with Gasteiger partial charge in [0.05, 0.1) is 10.0 Å². The molecule has 3 nitrogen and oxygen atoms in total. The minimum Gasteiger partial charge on any atom is -0.398 e. The van der Waals surface area contributed by atoms with Crippen LogP contribution in [0, 0.1) is 11.7 Å². The Hall–Kier alpha value is -1.10. The zero-order valence-electron chi connectivity index (χ0n) is 10.2. The van der Waals surface area contributed by atoms with Crippen molar-refractivity contribution in [2.75, 3.05) is 18.8 Å². The molecule has 2 rings (SSSR count). The second-order valence-electron chi connectivity index (χ2n) is 4.64. The average molecular weight is 315 g/mol. The van der Waals surface area contributed by atoms with Crippen LogP contribution in [0.25, 0.3) is 0 Å². The standard InChI is InChI=1S/C13H16BrFN2O/c1-2-17(7-8-3-4-8)13(18)9-5-11(15)10(14)6-12(9)16/h5-6,8H,2-4,7,16H2,1H3. The van der Waals surface area contributed by atoms with Crippen molar-refractivity contribution in [2.24, 2.45) is 5.92 Å². The van der Waals surface area contributed by atoms with E-state index < -0.39 is 5.82 Å². The van der Waals surface area contributed by atoms with Crippen molar-refractivity contribution < 1.29 is 9.18 Å².